The normalized spacial score (nSPS) is 22.8. The van der Waals surface area contributed by atoms with Crippen LogP contribution in [-0.2, 0) is 24.4 Å². The molecule has 2 aliphatic rings. The second-order valence-corrected chi connectivity index (χ2v) is 16.4. The van der Waals surface area contributed by atoms with Crippen molar-refractivity contribution in [1.29, 1.82) is 0 Å². The van der Waals surface area contributed by atoms with Gasteiger partial charge in [0.1, 0.15) is 0 Å². The number of rotatable bonds is 18. The largest absolute Gasteiger partial charge is 0.390 e. The Morgan fingerprint density at radius 3 is 2.04 bits per heavy atom. The molecule has 0 bridgehead atoms. The number of likely N-dealkylation sites (N-methyl/N-ethyl adjacent to an activating group) is 1. The minimum Gasteiger partial charge on any atom is -0.390 e. The number of sulfonamides is 1. The fourth-order valence-electron chi connectivity index (χ4n) is 6.95. The van der Waals surface area contributed by atoms with Crippen LogP contribution in [0.2, 0.25) is 0 Å². The third-order valence-electron chi connectivity index (χ3n) is 9.38. The Balaban J connectivity index is 2.30. The number of carbonyl (C=O) groups excluding carboxylic acids is 3. The molecule has 2 aliphatic carbocycles. The average molecular weight is 658 g/mol. The maximum atomic E-state index is 14.0. The molecule has 0 radical (unpaired) electrons. The van der Waals surface area contributed by atoms with Crippen LogP contribution in [0.15, 0.2) is 0 Å². The van der Waals surface area contributed by atoms with Crippen molar-refractivity contribution in [3.8, 4) is 0 Å². The molecule has 3 amide bonds. The summed E-state index contributed by atoms with van der Waals surface area (Å²) in [6.45, 7) is 11.7. The predicted molar refractivity (Wildman–Crippen MR) is 178 cm³/mol. The number of hydrogen-bond donors (Lipinski definition) is 3. The van der Waals surface area contributed by atoms with Crippen LogP contribution in [0.5, 0.6) is 0 Å². The summed E-state index contributed by atoms with van der Waals surface area (Å²) in [6, 6.07) is -0.562. The van der Waals surface area contributed by atoms with E-state index in [9.17, 15) is 27.9 Å². The SMILES string of the molecule is CCCN(CCC)C(=O)C1CC(C(=O)NC(CC2CCCCC2)C(O)CN(CC)NC(=O)CC(C)C)CC(S(=O)(=O)N(C)C)C1. The Kier molecular flexibility index (Phi) is 16.8. The molecule has 2 fully saturated rings. The maximum Gasteiger partial charge on any atom is 0.234 e. The number of nitrogens with one attached hydrogen (secondary N) is 2. The molecule has 0 saturated heterocycles. The van der Waals surface area contributed by atoms with Crippen LogP contribution in [0.3, 0.4) is 0 Å². The van der Waals surface area contributed by atoms with Crippen LogP contribution in [0.4, 0.5) is 0 Å². The molecule has 12 heteroatoms. The van der Waals surface area contributed by atoms with Crippen LogP contribution < -0.4 is 10.7 Å². The average Bonchev–Trinajstić information content (AvgIpc) is 2.99. The first kappa shape index (κ1) is 39.4. The lowest BCUT2D eigenvalue weighted by Crippen LogP contribution is -2.55. The fourth-order valence-corrected chi connectivity index (χ4v) is 8.50. The molecule has 5 unspecified atom stereocenters. The number of aliphatic hydroxyl groups excluding tert-OH is 1. The Hall–Kier alpha value is -1.76. The number of amides is 3. The Labute approximate surface area is 273 Å². The van der Waals surface area contributed by atoms with Crippen molar-refractivity contribution in [2.75, 3.05) is 40.3 Å². The van der Waals surface area contributed by atoms with Gasteiger partial charge in [-0.15, -0.1) is 0 Å². The summed E-state index contributed by atoms with van der Waals surface area (Å²) in [4.78, 5) is 42.0. The van der Waals surface area contributed by atoms with Gasteiger partial charge in [0.05, 0.1) is 17.4 Å². The summed E-state index contributed by atoms with van der Waals surface area (Å²) < 4.78 is 27.9. The highest BCUT2D eigenvalue weighted by molar-refractivity contribution is 7.89. The highest BCUT2D eigenvalue weighted by atomic mass is 32.2. The van der Waals surface area contributed by atoms with E-state index in [1.807, 2.05) is 39.5 Å². The smallest absolute Gasteiger partial charge is 0.234 e. The van der Waals surface area contributed by atoms with Crippen molar-refractivity contribution in [2.45, 2.75) is 129 Å². The van der Waals surface area contributed by atoms with Gasteiger partial charge in [-0.1, -0.05) is 66.7 Å². The fraction of sp³-hybridized carbons (Fsp3) is 0.909. The van der Waals surface area contributed by atoms with E-state index in [4.69, 9.17) is 0 Å². The number of aliphatic hydroxyl groups is 1. The lowest BCUT2D eigenvalue weighted by atomic mass is 9.79. The highest BCUT2D eigenvalue weighted by Crippen LogP contribution is 2.36. The number of hydrogen-bond acceptors (Lipinski definition) is 7. The molecule has 11 nitrogen and oxygen atoms in total. The first-order valence-electron chi connectivity index (χ1n) is 17.5. The molecule has 0 aromatic rings. The monoisotopic (exact) mass is 657 g/mol. The van der Waals surface area contributed by atoms with Gasteiger partial charge in [0.25, 0.3) is 0 Å². The molecule has 0 aliphatic heterocycles. The zero-order valence-corrected chi connectivity index (χ0v) is 29.9. The van der Waals surface area contributed by atoms with Crippen molar-refractivity contribution < 1.29 is 27.9 Å². The zero-order chi connectivity index (χ0) is 33.7. The van der Waals surface area contributed by atoms with E-state index in [0.29, 0.717) is 38.4 Å². The minimum atomic E-state index is -3.70. The summed E-state index contributed by atoms with van der Waals surface area (Å²) in [5.74, 6) is -1.18. The topological polar surface area (TPSA) is 139 Å². The lowest BCUT2D eigenvalue weighted by molar-refractivity contribution is -0.138. The number of nitrogens with zero attached hydrogens (tertiary/aromatic N) is 3. The molecule has 45 heavy (non-hydrogen) atoms. The second kappa shape index (κ2) is 19.2. The van der Waals surface area contributed by atoms with Gasteiger partial charge < -0.3 is 15.3 Å². The van der Waals surface area contributed by atoms with Crippen LogP contribution in [0.1, 0.15) is 112 Å². The predicted octanol–water partition coefficient (Wildman–Crippen LogP) is 3.53. The summed E-state index contributed by atoms with van der Waals surface area (Å²) in [7, 11) is -0.719. The molecule has 3 N–H and O–H groups in total. The molecule has 0 aromatic heterocycles. The molecule has 2 saturated carbocycles. The van der Waals surface area contributed by atoms with Crippen molar-refractivity contribution in [3.05, 3.63) is 0 Å². The van der Waals surface area contributed by atoms with Crippen LogP contribution in [0, 0.1) is 23.7 Å². The minimum absolute atomic E-state index is 0.0790. The number of hydrazine groups is 1. The van der Waals surface area contributed by atoms with E-state index in [1.165, 1.54) is 24.8 Å². The highest BCUT2D eigenvalue weighted by Gasteiger charge is 2.44. The summed E-state index contributed by atoms with van der Waals surface area (Å²) in [5.41, 5.74) is 2.89. The third-order valence-corrected chi connectivity index (χ3v) is 11.6. The van der Waals surface area contributed by atoms with Gasteiger partial charge in [0, 0.05) is 58.5 Å². The van der Waals surface area contributed by atoms with E-state index >= 15 is 0 Å². The van der Waals surface area contributed by atoms with E-state index in [2.05, 4.69) is 10.7 Å². The van der Waals surface area contributed by atoms with E-state index in [0.717, 1.165) is 38.5 Å². The second-order valence-electron chi connectivity index (χ2n) is 14.0. The Morgan fingerprint density at radius 1 is 0.911 bits per heavy atom. The lowest BCUT2D eigenvalue weighted by Gasteiger charge is -2.38. The molecule has 0 heterocycles. The molecular formula is C33H63N5O6S. The summed E-state index contributed by atoms with van der Waals surface area (Å²) in [5, 5.41) is 15.5. The van der Waals surface area contributed by atoms with Crippen molar-refractivity contribution in [3.63, 3.8) is 0 Å². The van der Waals surface area contributed by atoms with Gasteiger partial charge in [-0.25, -0.2) is 17.7 Å². The zero-order valence-electron chi connectivity index (χ0n) is 29.1. The van der Waals surface area contributed by atoms with Crippen LogP contribution in [-0.4, -0.2) is 103 Å². The number of carbonyl (C=O) groups is 3. The van der Waals surface area contributed by atoms with Crippen molar-refractivity contribution in [1.82, 2.24) is 25.0 Å². The Bertz CT molecular complexity index is 1030. The Morgan fingerprint density at radius 2 is 1.51 bits per heavy atom. The van der Waals surface area contributed by atoms with Gasteiger partial charge in [-0.2, -0.15) is 0 Å². The molecule has 0 spiro atoms. The van der Waals surface area contributed by atoms with Gasteiger partial charge in [-0.05, 0) is 50.4 Å². The van der Waals surface area contributed by atoms with Gasteiger partial charge in [-0.3, -0.25) is 19.8 Å². The third kappa shape index (κ3) is 12.4. The summed E-state index contributed by atoms with van der Waals surface area (Å²) in [6.07, 6.45) is 7.77. The molecule has 2 rings (SSSR count). The maximum absolute atomic E-state index is 14.0. The van der Waals surface area contributed by atoms with Gasteiger partial charge in [0.2, 0.25) is 27.7 Å². The molecule has 0 aromatic carbocycles. The van der Waals surface area contributed by atoms with Gasteiger partial charge in [0.15, 0.2) is 0 Å². The van der Waals surface area contributed by atoms with Crippen molar-refractivity contribution >= 4 is 27.7 Å². The summed E-state index contributed by atoms with van der Waals surface area (Å²) >= 11 is 0. The standard InChI is InChI=1S/C33H63N5O6S/c1-8-16-37(17-9-2)33(42)27-20-26(21-28(22-27)45(43,44)36(6)7)32(41)34-29(19-25-14-12-11-13-15-25)30(39)23-38(10-3)35-31(40)18-24(4)5/h24-30,39H,8-23H2,1-7H3,(H,34,41)(H,35,40). The van der Waals surface area contributed by atoms with Crippen molar-refractivity contribution in [2.24, 2.45) is 23.7 Å². The first-order valence-corrected chi connectivity index (χ1v) is 19.0. The van der Waals surface area contributed by atoms with Crippen LogP contribution >= 0.6 is 0 Å². The van der Waals surface area contributed by atoms with Gasteiger partial charge >= 0.3 is 0 Å². The molecule has 5 atom stereocenters. The quantitative estimate of drug-likeness (QED) is 0.192. The van der Waals surface area contributed by atoms with E-state index in [1.54, 1.807) is 5.01 Å². The first-order chi connectivity index (χ1) is 21.2. The molecule has 262 valence electrons. The van der Waals surface area contributed by atoms with Crippen LogP contribution in [0.25, 0.3) is 0 Å². The van der Waals surface area contributed by atoms with E-state index in [-0.39, 0.29) is 49.4 Å². The molecular weight excluding hydrogens is 594 g/mol. The van der Waals surface area contributed by atoms with E-state index < -0.39 is 39.3 Å².